The molecule has 2 atom stereocenters. The molecule has 0 aromatic heterocycles. The Kier molecular flexibility index (Phi) is 8.72. The summed E-state index contributed by atoms with van der Waals surface area (Å²) < 4.78 is 10.7. The van der Waals surface area contributed by atoms with Crippen molar-refractivity contribution in [1.29, 1.82) is 5.26 Å². The summed E-state index contributed by atoms with van der Waals surface area (Å²) in [5, 5.41) is 9.15. The normalized spacial score (nSPS) is 18.8. The molecular weight excluding hydrogens is 418 g/mol. The van der Waals surface area contributed by atoms with E-state index < -0.39 is 24.0 Å². The van der Waals surface area contributed by atoms with Crippen LogP contribution in [-0.4, -0.2) is 24.6 Å². The fourth-order valence-electron chi connectivity index (χ4n) is 2.04. The Balaban J connectivity index is 2.37. The zero-order valence-electron chi connectivity index (χ0n) is 12.4. The van der Waals surface area contributed by atoms with Gasteiger partial charge in [0.25, 0.3) is 0 Å². The van der Waals surface area contributed by atoms with Crippen molar-refractivity contribution in [2.24, 2.45) is 5.92 Å². The minimum absolute atomic E-state index is 0.196. The molecule has 22 heavy (non-hydrogen) atoms. The number of unbranched alkanes of at least 4 members (excludes halogenated alkanes) is 5. The minimum Gasteiger partial charge on any atom is -0.465 e. The van der Waals surface area contributed by atoms with Gasteiger partial charge in [-0.1, -0.05) is 39.0 Å². The van der Waals surface area contributed by atoms with Gasteiger partial charge in [-0.15, -0.1) is 0 Å². The maximum Gasteiger partial charge on any atom is 0.346 e. The Morgan fingerprint density at radius 3 is 2.50 bits per heavy atom. The predicted molar refractivity (Wildman–Crippen MR) is 88.2 cm³/mol. The Hall–Kier alpha value is -0.870. The highest BCUT2D eigenvalue weighted by Crippen LogP contribution is 2.35. The summed E-state index contributed by atoms with van der Waals surface area (Å²) in [4.78, 5) is 23.4. The number of hydrogen-bond acceptors (Lipinski definition) is 5. The van der Waals surface area contributed by atoms with Crippen molar-refractivity contribution in [1.82, 2.24) is 0 Å². The third kappa shape index (κ3) is 5.40. The number of rotatable bonds is 9. The lowest BCUT2D eigenvalue weighted by Crippen LogP contribution is -2.30. The number of ether oxygens (including phenoxy) is 2. The van der Waals surface area contributed by atoms with Crippen LogP contribution in [0.5, 0.6) is 0 Å². The zero-order valence-corrected chi connectivity index (χ0v) is 15.6. The summed E-state index contributed by atoms with van der Waals surface area (Å²) in [6, 6.07) is 1.85. The van der Waals surface area contributed by atoms with Gasteiger partial charge in [0.05, 0.1) is 17.2 Å². The molecule has 1 aliphatic rings. The highest BCUT2D eigenvalue weighted by molar-refractivity contribution is 9.14. The largest absolute Gasteiger partial charge is 0.465 e. The molecule has 0 spiro atoms. The standard InChI is InChI=1S/C15H19Br2NO4/c1-2-3-4-5-6-7-8-21-14(19)10(9-18)13-11(16)12(17)15(20)22-13/h10,13H,2-8H2,1H3. The fraction of sp³-hybridized carbons (Fsp3) is 0.667. The van der Waals surface area contributed by atoms with Gasteiger partial charge in [0.1, 0.15) is 4.48 Å². The number of carbonyl (C=O) groups excluding carboxylic acids is 2. The maximum absolute atomic E-state index is 12.0. The van der Waals surface area contributed by atoms with Crippen molar-refractivity contribution in [3.05, 3.63) is 8.96 Å². The lowest BCUT2D eigenvalue weighted by atomic mass is 10.0. The molecule has 0 radical (unpaired) electrons. The molecule has 2 unspecified atom stereocenters. The Labute approximate surface area is 147 Å². The first-order valence-electron chi connectivity index (χ1n) is 7.35. The number of nitrogens with zero attached hydrogens (tertiary/aromatic N) is 1. The van der Waals surface area contributed by atoms with Crippen molar-refractivity contribution in [3.63, 3.8) is 0 Å². The lowest BCUT2D eigenvalue weighted by Gasteiger charge is -2.15. The van der Waals surface area contributed by atoms with Crippen LogP contribution in [0.3, 0.4) is 0 Å². The topological polar surface area (TPSA) is 76.4 Å². The van der Waals surface area contributed by atoms with Crippen LogP contribution in [0, 0.1) is 17.2 Å². The molecule has 0 N–H and O–H groups in total. The second-order valence-corrected chi connectivity index (χ2v) is 6.68. The van der Waals surface area contributed by atoms with E-state index >= 15 is 0 Å². The van der Waals surface area contributed by atoms with Gasteiger partial charge in [-0.2, -0.15) is 5.26 Å². The van der Waals surface area contributed by atoms with E-state index in [2.05, 4.69) is 38.8 Å². The van der Waals surface area contributed by atoms with Crippen molar-refractivity contribution in [3.8, 4) is 6.07 Å². The van der Waals surface area contributed by atoms with E-state index in [4.69, 9.17) is 14.7 Å². The van der Waals surface area contributed by atoms with Gasteiger partial charge in [0.15, 0.2) is 12.0 Å². The van der Waals surface area contributed by atoms with E-state index in [0.717, 1.165) is 19.3 Å². The van der Waals surface area contributed by atoms with Crippen LogP contribution < -0.4 is 0 Å². The third-order valence-corrected chi connectivity index (χ3v) is 5.44. The molecule has 0 aromatic rings. The van der Waals surface area contributed by atoms with Crippen LogP contribution in [0.4, 0.5) is 0 Å². The van der Waals surface area contributed by atoms with Crippen LogP contribution in [0.2, 0.25) is 0 Å². The first-order chi connectivity index (χ1) is 10.5. The molecule has 7 heteroatoms. The summed E-state index contributed by atoms with van der Waals surface area (Å²) in [6.07, 6.45) is 5.56. The van der Waals surface area contributed by atoms with Crippen LogP contribution in [0.25, 0.3) is 0 Å². The SMILES string of the molecule is CCCCCCCCOC(=O)C(C#N)C1OC(=O)C(Br)=C1Br. The number of nitriles is 1. The molecule has 122 valence electrons. The summed E-state index contributed by atoms with van der Waals surface area (Å²) in [6.45, 7) is 2.44. The van der Waals surface area contributed by atoms with E-state index in [-0.39, 0.29) is 11.1 Å². The lowest BCUT2D eigenvalue weighted by molar-refractivity contribution is -0.152. The summed E-state index contributed by atoms with van der Waals surface area (Å²) in [5.74, 6) is -2.41. The van der Waals surface area contributed by atoms with Crippen LogP contribution >= 0.6 is 31.9 Å². The molecule has 1 aliphatic heterocycles. The number of hydrogen-bond donors (Lipinski definition) is 0. The van der Waals surface area contributed by atoms with E-state index in [0.29, 0.717) is 4.48 Å². The Morgan fingerprint density at radius 2 is 1.95 bits per heavy atom. The molecule has 0 saturated heterocycles. The van der Waals surface area contributed by atoms with Gasteiger partial charge in [0.2, 0.25) is 0 Å². The van der Waals surface area contributed by atoms with Crippen molar-refractivity contribution in [2.75, 3.05) is 6.61 Å². The molecule has 0 saturated carbocycles. The van der Waals surface area contributed by atoms with Crippen LogP contribution in [0.1, 0.15) is 45.4 Å². The highest BCUT2D eigenvalue weighted by atomic mass is 79.9. The smallest absolute Gasteiger partial charge is 0.346 e. The monoisotopic (exact) mass is 435 g/mol. The van der Waals surface area contributed by atoms with Crippen molar-refractivity contribution >= 4 is 43.8 Å². The van der Waals surface area contributed by atoms with Gasteiger partial charge in [-0.25, -0.2) is 4.79 Å². The predicted octanol–water partition coefficient (Wildman–Crippen LogP) is 3.96. The molecule has 0 fully saturated rings. The molecule has 0 bridgehead atoms. The molecule has 0 amide bonds. The van der Waals surface area contributed by atoms with Gasteiger partial charge >= 0.3 is 11.9 Å². The number of cyclic esters (lactones) is 1. The Morgan fingerprint density at radius 1 is 1.32 bits per heavy atom. The molecule has 0 aliphatic carbocycles. The molecular formula is C15H19Br2NO4. The van der Waals surface area contributed by atoms with Crippen LogP contribution in [-0.2, 0) is 19.1 Å². The van der Waals surface area contributed by atoms with E-state index in [9.17, 15) is 9.59 Å². The second-order valence-electron chi connectivity index (χ2n) is 5.03. The number of carbonyl (C=O) groups is 2. The van der Waals surface area contributed by atoms with E-state index in [1.165, 1.54) is 19.3 Å². The average Bonchev–Trinajstić information content (AvgIpc) is 2.75. The zero-order chi connectivity index (χ0) is 16.5. The average molecular weight is 437 g/mol. The molecule has 1 rings (SSSR count). The first kappa shape index (κ1) is 19.2. The maximum atomic E-state index is 12.0. The van der Waals surface area contributed by atoms with Gasteiger partial charge in [-0.05, 0) is 38.3 Å². The fourth-order valence-corrected chi connectivity index (χ4v) is 2.88. The summed E-state index contributed by atoms with van der Waals surface area (Å²) in [7, 11) is 0. The summed E-state index contributed by atoms with van der Waals surface area (Å²) >= 11 is 6.21. The molecule has 0 aromatic carbocycles. The molecule has 1 heterocycles. The number of esters is 2. The first-order valence-corrected chi connectivity index (χ1v) is 8.93. The molecule has 5 nitrogen and oxygen atoms in total. The second kappa shape index (κ2) is 10.0. The van der Waals surface area contributed by atoms with Crippen molar-refractivity contribution < 1.29 is 19.1 Å². The summed E-state index contributed by atoms with van der Waals surface area (Å²) in [5.41, 5.74) is 0. The van der Waals surface area contributed by atoms with Gasteiger partial charge in [0, 0.05) is 0 Å². The quantitative estimate of drug-likeness (QED) is 0.403. The number of halogens is 2. The highest BCUT2D eigenvalue weighted by Gasteiger charge is 2.41. The van der Waals surface area contributed by atoms with Gasteiger partial charge < -0.3 is 9.47 Å². The van der Waals surface area contributed by atoms with Crippen LogP contribution in [0.15, 0.2) is 8.96 Å². The van der Waals surface area contributed by atoms with E-state index in [1.54, 1.807) is 0 Å². The Bertz CT molecular complexity index is 484. The van der Waals surface area contributed by atoms with Gasteiger partial charge in [-0.3, -0.25) is 4.79 Å². The third-order valence-electron chi connectivity index (χ3n) is 3.31. The minimum atomic E-state index is -1.16. The van der Waals surface area contributed by atoms with Crippen molar-refractivity contribution in [2.45, 2.75) is 51.6 Å². The van der Waals surface area contributed by atoms with E-state index in [1.807, 2.05) is 6.07 Å².